The Morgan fingerprint density at radius 1 is 0.971 bits per heavy atom. The monoisotopic (exact) mass is 502 g/mol. The van der Waals surface area contributed by atoms with E-state index in [1.807, 2.05) is 6.07 Å². The molecule has 0 aliphatic rings. The van der Waals surface area contributed by atoms with Crippen LogP contribution in [0.4, 0.5) is 5.69 Å². The number of rotatable bonds is 9. The average Bonchev–Trinajstić information content (AvgIpc) is 2.82. The van der Waals surface area contributed by atoms with E-state index in [0.717, 1.165) is 17.4 Å². The summed E-state index contributed by atoms with van der Waals surface area (Å²) in [6.45, 7) is 2.21. The van der Waals surface area contributed by atoms with Crippen molar-refractivity contribution < 1.29 is 22.7 Å². The first-order valence-electron chi connectivity index (χ1n) is 10.4. The van der Waals surface area contributed by atoms with Crippen molar-refractivity contribution >= 4 is 33.2 Å². The molecular formula is C25H27ClN2O5S. The van der Waals surface area contributed by atoms with Gasteiger partial charge in [-0.25, -0.2) is 8.42 Å². The van der Waals surface area contributed by atoms with Crippen LogP contribution in [0.25, 0.3) is 0 Å². The number of carbonyl (C=O) groups is 1. The van der Waals surface area contributed by atoms with E-state index in [2.05, 4.69) is 5.32 Å². The van der Waals surface area contributed by atoms with E-state index in [0.29, 0.717) is 39.9 Å². The molecule has 0 aliphatic carbocycles. The van der Waals surface area contributed by atoms with E-state index in [-0.39, 0.29) is 12.5 Å². The standard InChI is InChI=1S/C25H27ClN2O5S/c1-17-21(26)6-5-7-22(17)28(34(4,30)31)16-18-8-11-20(12-9-18)25(29)27-15-19-10-13-23(32-2)24(14-19)33-3/h5-14H,15-16H2,1-4H3,(H,27,29). The molecule has 0 fully saturated rings. The fraction of sp³-hybridized carbons (Fsp3) is 0.240. The molecule has 0 bridgehead atoms. The number of methoxy groups -OCH3 is 2. The van der Waals surface area contributed by atoms with E-state index >= 15 is 0 Å². The van der Waals surface area contributed by atoms with E-state index in [1.165, 1.54) is 4.31 Å². The van der Waals surface area contributed by atoms with Crippen LogP contribution in [-0.4, -0.2) is 34.8 Å². The largest absolute Gasteiger partial charge is 0.493 e. The number of nitrogens with zero attached hydrogens (tertiary/aromatic N) is 1. The smallest absolute Gasteiger partial charge is 0.251 e. The second-order valence-electron chi connectivity index (χ2n) is 7.72. The molecule has 3 rings (SSSR count). The highest BCUT2D eigenvalue weighted by Crippen LogP contribution is 2.30. The van der Waals surface area contributed by atoms with Crippen LogP contribution in [0.1, 0.15) is 27.0 Å². The van der Waals surface area contributed by atoms with Crippen LogP contribution in [0.15, 0.2) is 60.7 Å². The molecule has 0 unspecified atom stereocenters. The van der Waals surface area contributed by atoms with Gasteiger partial charge in [0.25, 0.3) is 5.91 Å². The topological polar surface area (TPSA) is 84.9 Å². The lowest BCUT2D eigenvalue weighted by atomic mass is 10.1. The molecular weight excluding hydrogens is 476 g/mol. The van der Waals surface area contributed by atoms with Crippen molar-refractivity contribution in [1.82, 2.24) is 5.32 Å². The van der Waals surface area contributed by atoms with Gasteiger partial charge in [-0.15, -0.1) is 0 Å². The first-order chi connectivity index (χ1) is 16.1. The van der Waals surface area contributed by atoms with Crippen molar-refractivity contribution in [1.29, 1.82) is 0 Å². The van der Waals surface area contributed by atoms with Gasteiger partial charge in [0, 0.05) is 17.1 Å². The highest BCUT2D eigenvalue weighted by atomic mass is 35.5. The zero-order valence-corrected chi connectivity index (χ0v) is 21.0. The second-order valence-corrected chi connectivity index (χ2v) is 10.0. The van der Waals surface area contributed by atoms with Crippen molar-refractivity contribution in [2.75, 3.05) is 24.8 Å². The number of hydrogen-bond acceptors (Lipinski definition) is 5. The molecule has 34 heavy (non-hydrogen) atoms. The number of anilines is 1. The number of nitrogens with one attached hydrogen (secondary N) is 1. The molecule has 0 radical (unpaired) electrons. The predicted octanol–water partition coefficient (Wildman–Crippen LogP) is 4.56. The highest BCUT2D eigenvalue weighted by Gasteiger charge is 2.21. The molecule has 0 heterocycles. The maximum Gasteiger partial charge on any atom is 0.251 e. The Morgan fingerprint density at radius 3 is 2.24 bits per heavy atom. The Balaban J connectivity index is 1.71. The van der Waals surface area contributed by atoms with Crippen molar-refractivity contribution in [3.05, 3.63) is 87.9 Å². The molecule has 0 spiro atoms. The van der Waals surface area contributed by atoms with Crippen LogP contribution < -0.4 is 19.1 Å². The second kappa shape index (κ2) is 10.8. The Labute approximate surface area is 205 Å². The molecule has 3 aromatic rings. The molecule has 0 aromatic heterocycles. The minimum absolute atomic E-state index is 0.119. The van der Waals surface area contributed by atoms with Gasteiger partial charge in [0.15, 0.2) is 11.5 Å². The van der Waals surface area contributed by atoms with Crippen LogP contribution in [-0.2, 0) is 23.1 Å². The molecule has 1 amide bonds. The lowest BCUT2D eigenvalue weighted by molar-refractivity contribution is 0.0951. The first-order valence-corrected chi connectivity index (χ1v) is 12.7. The summed E-state index contributed by atoms with van der Waals surface area (Å²) in [4.78, 5) is 12.6. The lowest BCUT2D eigenvalue weighted by Crippen LogP contribution is -2.30. The number of carbonyl (C=O) groups excluding carboxylic acids is 1. The van der Waals surface area contributed by atoms with Crippen LogP contribution in [0.2, 0.25) is 5.02 Å². The van der Waals surface area contributed by atoms with Crippen LogP contribution >= 0.6 is 11.6 Å². The third-order valence-electron chi connectivity index (χ3n) is 5.35. The van der Waals surface area contributed by atoms with Gasteiger partial charge in [-0.1, -0.05) is 35.9 Å². The van der Waals surface area contributed by atoms with E-state index in [9.17, 15) is 13.2 Å². The summed E-state index contributed by atoms with van der Waals surface area (Å²) in [6, 6.07) is 17.4. The minimum Gasteiger partial charge on any atom is -0.493 e. The Morgan fingerprint density at radius 2 is 1.62 bits per heavy atom. The van der Waals surface area contributed by atoms with Crippen molar-refractivity contribution in [3.63, 3.8) is 0 Å². The van der Waals surface area contributed by atoms with Crippen molar-refractivity contribution in [2.45, 2.75) is 20.0 Å². The molecule has 9 heteroatoms. The first kappa shape index (κ1) is 25.4. The summed E-state index contributed by atoms with van der Waals surface area (Å²) >= 11 is 6.19. The summed E-state index contributed by atoms with van der Waals surface area (Å²) < 4.78 is 36.8. The summed E-state index contributed by atoms with van der Waals surface area (Å²) in [5, 5.41) is 3.36. The number of ether oxygens (including phenoxy) is 2. The predicted molar refractivity (Wildman–Crippen MR) is 134 cm³/mol. The number of amides is 1. The van der Waals surface area contributed by atoms with Gasteiger partial charge < -0.3 is 14.8 Å². The number of halogens is 1. The summed E-state index contributed by atoms with van der Waals surface area (Å²) in [5.74, 6) is 0.959. The third-order valence-corrected chi connectivity index (χ3v) is 6.89. The molecule has 1 N–H and O–H groups in total. The maximum absolute atomic E-state index is 12.6. The van der Waals surface area contributed by atoms with Crippen LogP contribution in [0, 0.1) is 6.92 Å². The zero-order valence-electron chi connectivity index (χ0n) is 19.5. The third kappa shape index (κ3) is 6.01. The van der Waals surface area contributed by atoms with Gasteiger partial charge in [-0.3, -0.25) is 9.10 Å². The molecule has 7 nitrogen and oxygen atoms in total. The van der Waals surface area contributed by atoms with Crippen molar-refractivity contribution in [2.24, 2.45) is 0 Å². The summed E-state index contributed by atoms with van der Waals surface area (Å²) in [5.41, 5.74) is 3.27. The van der Waals surface area contributed by atoms with Crippen molar-refractivity contribution in [3.8, 4) is 11.5 Å². The quantitative estimate of drug-likeness (QED) is 0.463. The van der Waals surface area contributed by atoms with Gasteiger partial charge in [-0.05, 0) is 60.0 Å². The summed E-state index contributed by atoms with van der Waals surface area (Å²) in [7, 11) is -0.436. The SMILES string of the molecule is COc1ccc(CNC(=O)c2ccc(CN(c3cccc(Cl)c3C)S(C)(=O)=O)cc2)cc1OC. The van der Waals surface area contributed by atoms with E-state index in [1.54, 1.807) is 75.7 Å². The van der Waals surface area contributed by atoms with Crippen LogP contribution in [0.3, 0.4) is 0 Å². The molecule has 0 saturated heterocycles. The molecule has 0 atom stereocenters. The zero-order chi connectivity index (χ0) is 24.9. The summed E-state index contributed by atoms with van der Waals surface area (Å²) in [6.07, 6.45) is 1.16. The van der Waals surface area contributed by atoms with Crippen LogP contribution in [0.5, 0.6) is 11.5 Å². The molecule has 0 saturated carbocycles. The molecule has 180 valence electrons. The fourth-order valence-corrected chi connectivity index (χ4v) is 4.56. The van der Waals surface area contributed by atoms with E-state index in [4.69, 9.17) is 21.1 Å². The van der Waals surface area contributed by atoms with E-state index < -0.39 is 10.0 Å². The number of benzene rings is 3. The Hall–Kier alpha value is -3.23. The maximum atomic E-state index is 12.6. The average molecular weight is 503 g/mol. The molecule has 3 aromatic carbocycles. The Kier molecular flexibility index (Phi) is 8.06. The van der Waals surface area contributed by atoms with Gasteiger partial charge >= 0.3 is 0 Å². The lowest BCUT2D eigenvalue weighted by Gasteiger charge is -2.24. The normalized spacial score (nSPS) is 11.1. The number of sulfonamides is 1. The number of hydrogen-bond donors (Lipinski definition) is 1. The minimum atomic E-state index is -3.56. The fourth-order valence-electron chi connectivity index (χ4n) is 3.45. The molecule has 0 aliphatic heterocycles. The van der Waals surface area contributed by atoms with Gasteiger partial charge in [0.1, 0.15) is 0 Å². The Bertz CT molecular complexity index is 1280. The highest BCUT2D eigenvalue weighted by molar-refractivity contribution is 7.92. The van der Waals surface area contributed by atoms with Gasteiger partial charge in [0.2, 0.25) is 10.0 Å². The van der Waals surface area contributed by atoms with Gasteiger partial charge in [-0.2, -0.15) is 0 Å². The van der Waals surface area contributed by atoms with Gasteiger partial charge in [0.05, 0.1) is 32.7 Å².